The second kappa shape index (κ2) is 4.97. The average molecular weight is 252 g/mol. The fourth-order valence-corrected chi connectivity index (χ4v) is 1.74. The van der Waals surface area contributed by atoms with Gasteiger partial charge in [-0.15, -0.1) is 0 Å². The van der Waals surface area contributed by atoms with E-state index in [1.54, 1.807) is 6.92 Å². The van der Waals surface area contributed by atoms with Crippen LogP contribution >= 0.6 is 0 Å². The van der Waals surface area contributed by atoms with Gasteiger partial charge in [-0.1, -0.05) is 12.1 Å². The van der Waals surface area contributed by atoms with Gasteiger partial charge in [-0.2, -0.15) is 13.2 Å². The number of hydrogen-bond donors (Lipinski definition) is 0. The lowest BCUT2D eigenvalue weighted by atomic mass is 10.1. The molecule has 1 aromatic rings. The van der Waals surface area contributed by atoms with Crippen molar-refractivity contribution in [3.8, 4) is 0 Å². The van der Waals surface area contributed by atoms with Crippen molar-refractivity contribution in [1.82, 2.24) is 0 Å². The summed E-state index contributed by atoms with van der Waals surface area (Å²) in [6, 6.07) is 4.79. The van der Waals surface area contributed by atoms with Gasteiger partial charge in [0.1, 0.15) is 0 Å². The van der Waals surface area contributed by atoms with Crippen molar-refractivity contribution >= 4 is 11.1 Å². The smallest absolute Gasteiger partial charge is 0.283 e. The minimum absolute atomic E-state index is 0.352. The van der Waals surface area contributed by atoms with E-state index in [0.717, 1.165) is 12.1 Å². The Morgan fingerprint density at radius 1 is 1.38 bits per heavy atom. The second-order valence-corrected chi connectivity index (χ2v) is 4.26. The van der Waals surface area contributed by atoms with Crippen molar-refractivity contribution in [2.45, 2.75) is 19.2 Å². The Morgan fingerprint density at radius 3 is 2.50 bits per heavy atom. The zero-order valence-electron chi connectivity index (χ0n) is 8.75. The van der Waals surface area contributed by atoms with Gasteiger partial charge in [0.05, 0.1) is 11.7 Å². The van der Waals surface area contributed by atoms with Crippen LogP contribution in [0.5, 0.6) is 0 Å². The van der Waals surface area contributed by atoms with Gasteiger partial charge in [0.2, 0.25) is 0 Å². The molecule has 0 saturated heterocycles. The highest BCUT2D eigenvalue weighted by atomic mass is 32.2. The molecule has 0 heterocycles. The molecule has 1 aromatic carbocycles. The molecular weight excluding hydrogens is 241 g/mol. The minimum Gasteiger partial charge on any atom is -0.283 e. The van der Waals surface area contributed by atoms with Crippen molar-refractivity contribution in [3.05, 3.63) is 35.4 Å². The lowest BCUT2D eigenvalue weighted by molar-refractivity contribution is -0.137. The van der Waals surface area contributed by atoms with E-state index in [1.807, 2.05) is 0 Å². The van der Waals surface area contributed by atoms with Crippen LogP contribution in [-0.2, 0) is 21.4 Å². The van der Waals surface area contributed by atoms with E-state index in [0.29, 0.717) is 5.56 Å². The minimum atomic E-state index is -4.37. The van der Waals surface area contributed by atoms with E-state index in [4.69, 9.17) is 4.18 Å². The maximum absolute atomic E-state index is 12.4. The van der Waals surface area contributed by atoms with E-state index in [1.165, 1.54) is 18.4 Å². The fourth-order valence-electron chi connectivity index (χ4n) is 1.23. The molecule has 16 heavy (non-hydrogen) atoms. The van der Waals surface area contributed by atoms with Gasteiger partial charge >= 0.3 is 6.18 Å². The van der Waals surface area contributed by atoms with Crippen molar-refractivity contribution in [1.29, 1.82) is 0 Å². The maximum Gasteiger partial charge on any atom is 0.416 e. The van der Waals surface area contributed by atoms with Gasteiger partial charge in [0, 0.05) is 6.26 Å². The van der Waals surface area contributed by atoms with E-state index >= 15 is 0 Å². The molecule has 2 unspecified atom stereocenters. The lowest BCUT2D eigenvalue weighted by Crippen LogP contribution is -2.07. The first kappa shape index (κ1) is 13.2. The first-order valence-electron chi connectivity index (χ1n) is 4.48. The summed E-state index contributed by atoms with van der Waals surface area (Å²) in [4.78, 5) is 0. The Morgan fingerprint density at radius 2 is 2.00 bits per heavy atom. The van der Waals surface area contributed by atoms with Crippen molar-refractivity contribution < 1.29 is 21.6 Å². The molecule has 0 amide bonds. The summed E-state index contributed by atoms with van der Waals surface area (Å²) in [5.74, 6) is 0. The Hall–Kier alpha value is -0.880. The van der Waals surface area contributed by atoms with E-state index in [2.05, 4.69) is 0 Å². The van der Waals surface area contributed by atoms with Gasteiger partial charge in [0.25, 0.3) is 0 Å². The molecule has 0 radical (unpaired) electrons. The normalized spacial score (nSPS) is 15.8. The molecule has 0 aliphatic carbocycles. The highest BCUT2D eigenvalue weighted by Crippen LogP contribution is 2.31. The molecule has 0 saturated carbocycles. The Balaban J connectivity index is 2.94. The molecule has 0 N–H and O–H groups in total. The number of alkyl halides is 3. The summed E-state index contributed by atoms with van der Waals surface area (Å²) < 4.78 is 52.9. The van der Waals surface area contributed by atoms with Crippen LogP contribution in [0, 0.1) is 0 Å². The molecule has 2 atom stereocenters. The summed E-state index contributed by atoms with van der Waals surface area (Å²) in [5.41, 5.74) is -0.382. The summed E-state index contributed by atoms with van der Waals surface area (Å²) >= 11 is -1.51. The van der Waals surface area contributed by atoms with Crippen LogP contribution in [0.25, 0.3) is 0 Å². The maximum atomic E-state index is 12.4. The highest BCUT2D eigenvalue weighted by molar-refractivity contribution is 7.79. The lowest BCUT2D eigenvalue weighted by Gasteiger charge is -2.13. The predicted molar refractivity (Wildman–Crippen MR) is 55.0 cm³/mol. The van der Waals surface area contributed by atoms with Crippen LogP contribution in [0.3, 0.4) is 0 Å². The third kappa shape index (κ3) is 3.61. The highest BCUT2D eigenvalue weighted by Gasteiger charge is 2.30. The standard InChI is InChI=1S/C10H11F3O2S/c1-7(15-16(2)14)8-4-3-5-9(6-8)10(11,12)13/h3-7H,1-2H3. The third-order valence-corrected chi connectivity index (χ3v) is 2.52. The number of rotatable bonds is 3. The number of benzene rings is 1. The molecule has 0 aliphatic rings. The molecule has 2 nitrogen and oxygen atoms in total. The number of hydrogen-bond acceptors (Lipinski definition) is 2. The second-order valence-electron chi connectivity index (χ2n) is 3.26. The van der Waals surface area contributed by atoms with Crippen LogP contribution in [0.15, 0.2) is 24.3 Å². The molecule has 0 aliphatic heterocycles. The Kier molecular flexibility index (Phi) is 4.09. The first-order chi connectivity index (χ1) is 7.30. The molecule has 0 spiro atoms. The molecule has 0 fully saturated rings. The molecule has 90 valence electrons. The largest absolute Gasteiger partial charge is 0.416 e. The van der Waals surface area contributed by atoms with Gasteiger partial charge in [-0.05, 0) is 24.6 Å². The van der Waals surface area contributed by atoms with Crippen molar-refractivity contribution in [2.24, 2.45) is 0 Å². The Bertz CT molecular complexity index is 390. The van der Waals surface area contributed by atoms with E-state index in [-0.39, 0.29) is 0 Å². The topological polar surface area (TPSA) is 26.3 Å². The summed E-state index contributed by atoms with van der Waals surface area (Å²) in [5, 5.41) is 0. The summed E-state index contributed by atoms with van der Waals surface area (Å²) in [7, 11) is 0. The Labute approximate surface area is 94.1 Å². The van der Waals surface area contributed by atoms with Crippen molar-refractivity contribution in [2.75, 3.05) is 6.26 Å². The summed E-state index contributed by atoms with van der Waals surface area (Å²) in [6.07, 6.45) is -3.68. The number of halogens is 3. The zero-order valence-corrected chi connectivity index (χ0v) is 9.56. The van der Waals surface area contributed by atoms with Crippen LogP contribution in [0.4, 0.5) is 13.2 Å². The third-order valence-electron chi connectivity index (χ3n) is 1.96. The van der Waals surface area contributed by atoms with Gasteiger partial charge in [-0.3, -0.25) is 4.18 Å². The predicted octanol–water partition coefficient (Wildman–Crippen LogP) is 3.08. The SMILES string of the molecule is CC(OS(C)=O)c1cccc(C(F)(F)F)c1. The quantitative estimate of drug-likeness (QED) is 0.826. The van der Waals surface area contributed by atoms with Crippen LogP contribution in [0.1, 0.15) is 24.2 Å². The van der Waals surface area contributed by atoms with Crippen LogP contribution in [-0.4, -0.2) is 10.5 Å². The van der Waals surface area contributed by atoms with Crippen molar-refractivity contribution in [3.63, 3.8) is 0 Å². The average Bonchev–Trinajstić information content (AvgIpc) is 2.15. The van der Waals surface area contributed by atoms with Gasteiger partial charge < -0.3 is 0 Å². The molecular formula is C10H11F3O2S. The zero-order chi connectivity index (χ0) is 12.3. The fraction of sp³-hybridized carbons (Fsp3) is 0.400. The van der Waals surface area contributed by atoms with E-state index in [9.17, 15) is 17.4 Å². The molecule has 1 rings (SSSR count). The van der Waals surface area contributed by atoms with Crippen LogP contribution in [0.2, 0.25) is 0 Å². The van der Waals surface area contributed by atoms with Gasteiger partial charge in [0.15, 0.2) is 11.1 Å². The monoisotopic (exact) mass is 252 g/mol. The molecule has 0 bridgehead atoms. The molecule has 0 aromatic heterocycles. The first-order valence-corrected chi connectivity index (χ1v) is 5.96. The van der Waals surface area contributed by atoms with Gasteiger partial charge in [-0.25, -0.2) is 4.21 Å². The van der Waals surface area contributed by atoms with E-state index < -0.39 is 28.9 Å². The summed E-state index contributed by atoms with van der Waals surface area (Å²) in [6.45, 7) is 1.55. The van der Waals surface area contributed by atoms with Crippen LogP contribution < -0.4 is 0 Å². The molecule has 6 heteroatoms.